The standard InChI is InChI=1S/C15H17BrFNO3/c1-9-3-2-6-15(8-9,14(20)21)18-13(19)11-5-4-10(17)7-12(11)16/h4-5,7,9H,2-3,6,8H2,1H3,(H,18,19)(H,20,21). The highest BCUT2D eigenvalue weighted by Gasteiger charge is 2.43. The van der Waals surface area contributed by atoms with Crippen molar-refractivity contribution in [2.45, 2.75) is 38.1 Å². The van der Waals surface area contributed by atoms with E-state index >= 15 is 0 Å². The zero-order chi connectivity index (χ0) is 15.6. The van der Waals surface area contributed by atoms with Crippen molar-refractivity contribution < 1.29 is 19.1 Å². The zero-order valence-corrected chi connectivity index (χ0v) is 13.2. The summed E-state index contributed by atoms with van der Waals surface area (Å²) in [5.41, 5.74) is -1.00. The molecule has 1 amide bonds. The Hall–Kier alpha value is -1.43. The van der Waals surface area contributed by atoms with E-state index in [2.05, 4.69) is 21.2 Å². The number of carbonyl (C=O) groups excluding carboxylic acids is 1. The summed E-state index contributed by atoms with van der Waals surface area (Å²) in [4.78, 5) is 24.0. The lowest BCUT2D eigenvalue weighted by Crippen LogP contribution is -2.56. The Morgan fingerprint density at radius 3 is 2.76 bits per heavy atom. The summed E-state index contributed by atoms with van der Waals surface area (Å²) < 4.78 is 13.4. The van der Waals surface area contributed by atoms with Gasteiger partial charge in [-0.3, -0.25) is 4.79 Å². The molecule has 2 unspecified atom stereocenters. The molecule has 2 atom stereocenters. The minimum atomic E-state index is -1.23. The number of rotatable bonds is 3. The molecule has 4 nitrogen and oxygen atoms in total. The van der Waals surface area contributed by atoms with E-state index < -0.39 is 23.2 Å². The number of hydrogen-bond donors (Lipinski definition) is 2. The van der Waals surface area contributed by atoms with Gasteiger partial charge < -0.3 is 10.4 Å². The first kappa shape index (κ1) is 15.9. The number of aliphatic carboxylic acids is 1. The molecule has 0 heterocycles. The predicted molar refractivity (Wildman–Crippen MR) is 79.6 cm³/mol. The van der Waals surface area contributed by atoms with Gasteiger partial charge in [0, 0.05) is 4.47 Å². The largest absolute Gasteiger partial charge is 0.480 e. The molecule has 21 heavy (non-hydrogen) atoms. The summed E-state index contributed by atoms with van der Waals surface area (Å²) in [6.07, 6.45) is 2.55. The van der Waals surface area contributed by atoms with Crippen LogP contribution in [0.3, 0.4) is 0 Å². The molecule has 0 saturated heterocycles. The highest BCUT2D eigenvalue weighted by Crippen LogP contribution is 2.33. The fourth-order valence-electron chi connectivity index (χ4n) is 2.87. The van der Waals surface area contributed by atoms with Gasteiger partial charge in [-0.2, -0.15) is 0 Å². The van der Waals surface area contributed by atoms with Crippen LogP contribution >= 0.6 is 15.9 Å². The molecule has 114 valence electrons. The highest BCUT2D eigenvalue weighted by atomic mass is 79.9. The van der Waals surface area contributed by atoms with Gasteiger partial charge in [-0.1, -0.05) is 19.8 Å². The number of benzene rings is 1. The van der Waals surface area contributed by atoms with E-state index in [-0.39, 0.29) is 11.5 Å². The number of hydrogen-bond acceptors (Lipinski definition) is 2. The van der Waals surface area contributed by atoms with Crippen molar-refractivity contribution in [1.82, 2.24) is 5.32 Å². The van der Waals surface area contributed by atoms with E-state index in [1.807, 2.05) is 6.92 Å². The lowest BCUT2D eigenvalue weighted by atomic mass is 9.76. The number of amides is 1. The molecule has 0 aliphatic heterocycles. The quantitative estimate of drug-likeness (QED) is 0.871. The van der Waals surface area contributed by atoms with Crippen LogP contribution in [0.1, 0.15) is 43.0 Å². The van der Waals surface area contributed by atoms with Gasteiger partial charge in [0.25, 0.3) is 5.91 Å². The van der Waals surface area contributed by atoms with Gasteiger partial charge in [0.05, 0.1) is 5.56 Å². The fraction of sp³-hybridized carbons (Fsp3) is 0.467. The van der Waals surface area contributed by atoms with Crippen molar-refractivity contribution in [3.05, 3.63) is 34.1 Å². The summed E-state index contributed by atoms with van der Waals surface area (Å²) in [6, 6.07) is 3.71. The molecule has 1 saturated carbocycles. The second kappa shape index (κ2) is 6.13. The molecule has 0 bridgehead atoms. The van der Waals surface area contributed by atoms with Crippen LogP contribution in [0.2, 0.25) is 0 Å². The van der Waals surface area contributed by atoms with Crippen LogP contribution in [0.4, 0.5) is 4.39 Å². The summed E-state index contributed by atoms with van der Waals surface area (Å²) in [5, 5.41) is 12.2. The third-order valence-corrected chi connectivity index (χ3v) is 4.59. The molecule has 0 aromatic heterocycles. The first-order valence-electron chi connectivity index (χ1n) is 6.85. The third-order valence-electron chi connectivity index (χ3n) is 3.94. The fourth-order valence-corrected chi connectivity index (χ4v) is 3.40. The molecule has 1 aromatic carbocycles. The average molecular weight is 358 g/mol. The van der Waals surface area contributed by atoms with Crippen LogP contribution in [0.25, 0.3) is 0 Å². The van der Waals surface area contributed by atoms with Crippen molar-refractivity contribution in [2.75, 3.05) is 0 Å². The molecule has 1 aromatic rings. The van der Waals surface area contributed by atoms with Crippen LogP contribution in [0.5, 0.6) is 0 Å². The van der Waals surface area contributed by atoms with Crippen molar-refractivity contribution in [3.63, 3.8) is 0 Å². The van der Waals surface area contributed by atoms with E-state index in [4.69, 9.17) is 0 Å². The summed E-state index contributed by atoms with van der Waals surface area (Å²) in [6.45, 7) is 1.98. The minimum Gasteiger partial charge on any atom is -0.480 e. The van der Waals surface area contributed by atoms with Crippen LogP contribution in [-0.2, 0) is 4.79 Å². The first-order chi connectivity index (χ1) is 9.84. The Morgan fingerprint density at radius 2 is 2.19 bits per heavy atom. The van der Waals surface area contributed by atoms with Crippen LogP contribution in [0.15, 0.2) is 22.7 Å². The van der Waals surface area contributed by atoms with Crippen LogP contribution < -0.4 is 5.32 Å². The van der Waals surface area contributed by atoms with Gasteiger partial charge in [0.2, 0.25) is 0 Å². The van der Waals surface area contributed by atoms with Gasteiger partial charge in [-0.05, 0) is 52.9 Å². The molecular weight excluding hydrogens is 341 g/mol. The topological polar surface area (TPSA) is 66.4 Å². The average Bonchev–Trinajstić information content (AvgIpc) is 2.38. The Bertz CT molecular complexity index is 578. The molecule has 1 aliphatic carbocycles. The Kier molecular flexibility index (Phi) is 4.66. The molecule has 0 radical (unpaired) electrons. The predicted octanol–water partition coefficient (Wildman–Crippen LogP) is 3.35. The van der Waals surface area contributed by atoms with Crippen molar-refractivity contribution >= 4 is 27.8 Å². The van der Waals surface area contributed by atoms with Gasteiger partial charge in [-0.15, -0.1) is 0 Å². The number of carboxylic acid groups (broad SMARTS) is 1. The molecular formula is C15H17BrFNO3. The van der Waals surface area contributed by atoms with Crippen molar-refractivity contribution in [2.24, 2.45) is 5.92 Å². The summed E-state index contributed by atoms with van der Waals surface area (Å²) >= 11 is 3.13. The Labute approximate surface area is 130 Å². The smallest absolute Gasteiger partial charge is 0.329 e. The van der Waals surface area contributed by atoms with E-state index in [0.717, 1.165) is 12.8 Å². The molecule has 1 fully saturated rings. The van der Waals surface area contributed by atoms with Crippen molar-refractivity contribution in [1.29, 1.82) is 0 Å². The number of carbonyl (C=O) groups is 2. The normalized spacial score (nSPS) is 25.4. The van der Waals surface area contributed by atoms with E-state index in [9.17, 15) is 19.1 Å². The second-order valence-corrected chi connectivity index (χ2v) is 6.52. The maximum Gasteiger partial charge on any atom is 0.329 e. The SMILES string of the molecule is CC1CCCC(NC(=O)c2ccc(F)cc2Br)(C(=O)O)C1. The highest BCUT2D eigenvalue weighted by molar-refractivity contribution is 9.10. The maximum atomic E-state index is 13.1. The number of halogens is 2. The van der Waals surface area contributed by atoms with Gasteiger partial charge in [-0.25, -0.2) is 9.18 Å². The maximum absolute atomic E-state index is 13.1. The monoisotopic (exact) mass is 357 g/mol. The second-order valence-electron chi connectivity index (χ2n) is 5.67. The minimum absolute atomic E-state index is 0.232. The lowest BCUT2D eigenvalue weighted by Gasteiger charge is -2.37. The Morgan fingerprint density at radius 1 is 1.48 bits per heavy atom. The Balaban J connectivity index is 2.24. The van der Waals surface area contributed by atoms with Crippen LogP contribution in [-0.4, -0.2) is 22.5 Å². The van der Waals surface area contributed by atoms with Crippen LogP contribution in [0, 0.1) is 11.7 Å². The van der Waals surface area contributed by atoms with E-state index in [0.29, 0.717) is 17.3 Å². The molecule has 6 heteroatoms. The molecule has 1 aliphatic rings. The lowest BCUT2D eigenvalue weighted by molar-refractivity contribution is -0.146. The van der Waals surface area contributed by atoms with Gasteiger partial charge in [0.15, 0.2) is 0 Å². The molecule has 0 spiro atoms. The number of carboxylic acids is 1. The van der Waals surface area contributed by atoms with Gasteiger partial charge >= 0.3 is 5.97 Å². The molecule has 2 rings (SSSR count). The summed E-state index contributed by atoms with van der Waals surface area (Å²) in [7, 11) is 0. The molecule has 2 N–H and O–H groups in total. The van der Waals surface area contributed by atoms with Crippen molar-refractivity contribution in [3.8, 4) is 0 Å². The number of nitrogens with one attached hydrogen (secondary N) is 1. The first-order valence-corrected chi connectivity index (χ1v) is 7.64. The third kappa shape index (κ3) is 3.43. The van der Waals surface area contributed by atoms with E-state index in [1.165, 1.54) is 18.2 Å². The zero-order valence-electron chi connectivity index (χ0n) is 11.7. The van der Waals surface area contributed by atoms with E-state index in [1.54, 1.807) is 0 Å². The summed E-state index contributed by atoms with van der Waals surface area (Å²) in [5.74, 6) is -1.73. The van der Waals surface area contributed by atoms with Gasteiger partial charge in [0.1, 0.15) is 11.4 Å².